The van der Waals surface area contributed by atoms with Crippen molar-refractivity contribution in [2.24, 2.45) is 0 Å². The van der Waals surface area contributed by atoms with Gasteiger partial charge in [-0.15, -0.1) is 5.46 Å². The molecular formula is C12H16BF3KNO2. The van der Waals surface area contributed by atoms with Crippen molar-refractivity contribution in [3.05, 3.63) is 24.3 Å². The molecule has 1 aromatic carbocycles. The summed E-state index contributed by atoms with van der Waals surface area (Å²) in [4.78, 5) is 2.17. The van der Waals surface area contributed by atoms with Crippen LogP contribution in [0.3, 0.4) is 0 Å². The number of halogens is 3. The number of hydrogen-bond acceptors (Lipinski definition) is 3. The fourth-order valence-corrected chi connectivity index (χ4v) is 1.93. The molecule has 0 spiro atoms. The molecular weight excluding hydrogens is 297 g/mol. The van der Waals surface area contributed by atoms with Crippen molar-refractivity contribution in [2.45, 2.75) is 0 Å². The second kappa shape index (κ2) is 8.77. The van der Waals surface area contributed by atoms with Gasteiger partial charge in [-0.2, -0.15) is 0 Å². The van der Waals surface area contributed by atoms with E-state index in [0.717, 1.165) is 25.2 Å². The Morgan fingerprint density at radius 1 is 1.20 bits per heavy atom. The fraction of sp³-hybridized carbons (Fsp3) is 0.500. The van der Waals surface area contributed by atoms with Gasteiger partial charge in [0.05, 0.1) is 13.2 Å². The predicted molar refractivity (Wildman–Crippen MR) is 67.9 cm³/mol. The summed E-state index contributed by atoms with van der Waals surface area (Å²) in [7, 11) is 0. The molecule has 0 aliphatic carbocycles. The van der Waals surface area contributed by atoms with E-state index in [1.807, 2.05) is 0 Å². The molecule has 1 fully saturated rings. The van der Waals surface area contributed by atoms with Crippen LogP contribution < -0.4 is 61.6 Å². The molecule has 0 N–H and O–H groups in total. The Hall–Kier alpha value is 0.431. The molecule has 0 aromatic heterocycles. The molecule has 1 aromatic rings. The third-order valence-electron chi connectivity index (χ3n) is 3.02. The molecule has 0 amide bonds. The summed E-state index contributed by atoms with van der Waals surface area (Å²) in [6.45, 7) is -0.798. The van der Waals surface area contributed by atoms with Gasteiger partial charge >= 0.3 is 58.4 Å². The van der Waals surface area contributed by atoms with Crippen molar-refractivity contribution in [1.82, 2.24) is 4.90 Å². The maximum Gasteiger partial charge on any atom is 1.00 e. The summed E-state index contributed by atoms with van der Waals surface area (Å²) >= 11 is 0. The van der Waals surface area contributed by atoms with Gasteiger partial charge in [-0.05, 0) is 12.1 Å². The molecule has 2 rings (SSSR count). The minimum absolute atomic E-state index is 0. The Morgan fingerprint density at radius 2 is 1.90 bits per heavy atom. The number of nitrogens with zero attached hydrogens (tertiary/aromatic N) is 1. The number of benzene rings is 1. The van der Waals surface area contributed by atoms with E-state index < -0.39 is 12.4 Å². The van der Waals surface area contributed by atoms with Gasteiger partial charge in [0, 0.05) is 19.6 Å². The van der Waals surface area contributed by atoms with Crippen molar-refractivity contribution >= 4 is 12.4 Å². The summed E-state index contributed by atoms with van der Waals surface area (Å²) in [5.41, 5.74) is -0.621. The van der Waals surface area contributed by atoms with E-state index in [1.165, 1.54) is 6.07 Å². The van der Waals surface area contributed by atoms with E-state index in [4.69, 9.17) is 9.47 Å². The Labute approximate surface area is 159 Å². The quantitative estimate of drug-likeness (QED) is 0.615. The molecule has 1 aliphatic rings. The molecule has 1 aliphatic heterocycles. The third kappa shape index (κ3) is 6.05. The summed E-state index contributed by atoms with van der Waals surface area (Å²) in [5, 5.41) is 0. The normalized spacial score (nSPS) is 16.6. The van der Waals surface area contributed by atoms with E-state index >= 15 is 0 Å². The van der Waals surface area contributed by atoms with Crippen molar-refractivity contribution in [1.29, 1.82) is 0 Å². The van der Waals surface area contributed by atoms with Crippen molar-refractivity contribution < 1.29 is 73.8 Å². The van der Waals surface area contributed by atoms with Crippen LogP contribution in [0, 0.1) is 0 Å². The largest absolute Gasteiger partial charge is 1.00 e. The minimum atomic E-state index is -4.97. The minimum Gasteiger partial charge on any atom is -0.492 e. The van der Waals surface area contributed by atoms with Crippen molar-refractivity contribution in [3.8, 4) is 5.75 Å². The van der Waals surface area contributed by atoms with Gasteiger partial charge in [0.15, 0.2) is 0 Å². The third-order valence-corrected chi connectivity index (χ3v) is 3.02. The van der Waals surface area contributed by atoms with Gasteiger partial charge in [-0.3, -0.25) is 4.90 Å². The number of ether oxygens (including phenoxy) is 2. The molecule has 1 heterocycles. The zero-order chi connectivity index (χ0) is 13.7. The summed E-state index contributed by atoms with van der Waals surface area (Å²) in [5.74, 6) is 0.268. The molecule has 0 radical (unpaired) electrons. The smallest absolute Gasteiger partial charge is 0.492 e. The van der Waals surface area contributed by atoms with Crippen LogP contribution >= 0.6 is 0 Å². The van der Waals surface area contributed by atoms with Gasteiger partial charge in [0.1, 0.15) is 12.4 Å². The van der Waals surface area contributed by atoms with Crippen LogP contribution in [0.1, 0.15) is 0 Å². The van der Waals surface area contributed by atoms with E-state index in [9.17, 15) is 12.9 Å². The van der Waals surface area contributed by atoms with E-state index in [0.29, 0.717) is 26.4 Å². The van der Waals surface area contributed by atoms with Crippen LogP contribution in [0.25, 0.3) is 0 Å². The van der Waals surface area contributed by atoms with Crippen LogP contribution in [0.15, 0.2) is 24.3 Å². The second-order valence-electron chi connectivity index (χ2n) is 4.45. The zero-order valence-corrected chi connectivity index (χ0v) is 14.7. The second-order valence-corrected chi connectivity index (χ2v) is 4.45. The van der Waals surface area contributed by atoms with E-state index in [2.05, 4.69) is 4.90 Å². The van der Waals surface area contributed by atoms with Crippen molar-refractivity contribution in [2.75, 3.05) is 39.5 Å². The van der Waals surface area contributed by atoms with Gasteiger partial charge < -0.3 is 22.4 Å². The molecule has 0 saturated carbocycles. The van der Waals surface area contributed by atoms with Crippen molar-refractivity contribution in [3.63, 3.8) is 0 Å². The Morgan fingerprint density at radius 3 is 2.55 bits per heavy atom. The molecule has 1 saturated heterocycles. The van der Waals surface area contributed by atoms with Crippen LogP contribution in [0.4, 0.5) is 12.9 Å². The first-order chi connectivity index (χ1) is 9.05. The monoisotopic (exact) mass is 313 g/mol. The number of rotatable bonds is 5. The average molecular weight is 313 g/mol. The molecule has 8 heteroatoms. The maximum atomic E-state index is 12.6. The Bertz CT molecular complexity index is 414. The van der Waals surface area contributed by atoms with Gasteiger partial charge in [-0.1, -0.05) is 12.1 Å². The maximum absolute atomic E-state index is 12.6. The molecule has 0 atom stereocenters. The predicted octanol–water partition coefficient (Wildman–Crippen LogP) is -1.54. The van der Waals surface area contributed by atoms with Crippen LogP contribution in [0.5, 0.6) is 5.75 Å². The topological polar surface area (TPSA) is 21.7 Å². The molecule has 3 nitrogen and oxygen atoms in total. The standard InChI is InChI=1S/C12H16BF3NO2.K/c14-13(15,16)11-2-1-3-12(10-11)19-9-6-17-4-7-18-8-5-17;/h1-3,10H,4-9H2;/q-1;+1. The number of hydrogen-bond donors (Lipinski definition) is 0. The Kier molecular flexibility index (Phi) is 8.11. The summed E-state index contributed by atoms with van der Waals surface area (Å²) in [6.07, 6.45) is 0. The molecule has 20 heavy (non-hydrogen) atoms. The summed E-state index contributed by atoms with van der Waals surface area (Å²) in [6, 6.07) is 5.04. The zero-order valence-electron chi connectivity index (χ0n) is 11.5. The van der Waals surface area contributed by atoms with Gasteiger partial charge in [-0.25, -0.2) is 0 Å². The summed E-state index contributed by atoms with van der Waals surface area (Å²) < 4.78 is 48.3. The first kappa shape index (κ1) is 18.5. The SMILES string of the molecule is F[B-](F)(F)c1cccc(OCCN2CCOCC2)c1.[K+]. The molecule has 0 unspecified atom stereocenters. The average Bonchev–Trinajstić information content (AvgIpc) is 2.39. The first-order valence-corrected chi connectivity index (χ1v) is 6.28. The van der Waals surface area contributed by atoms with E-state index in [1.54, 1.807) is 6.07 Å². The van der Waals surface area contributed by atoms with Crippen LogP contribution in [-0.4, -0.2) is 51.3 Å². The molecule has 106 valence electrons. The molecule has 0 bridgehead atoms. The van der Waals surface area contributed by atoms with E-state index in [-0.39, 0.29) is 57.1 Å². The van der Waals surface area contributed by atoms with Crippen LogP contribution in [0.2, 0.25) is 0 Å². The van der Waals surface area contributed by atoms with Gasteiger partial charge in [0.2, 0.25) is 0 Å². The van der Waals surface area contributed by atoms with Gasteiger partial charge in [0.25, 0.3) is 0 Å². The number of morpholine rings is 1. The van der Waals surface area contributed by atoms with Crippen LogP contribution in [-0.2, 0) is 4.74 Å². The Balaban J connectivity index is 0.00000200. The fourth-order valence-electron chi connectivity index (χ4n) is 1.93. The first-order valence-electron chi connectivity index (χ1n) is 6.28.